The fourth-order valence-corrected chi connectivity index (χ4v) is 1.44. The van der Waals surface area contributed by atoms with Crippen molar-refractivity contribution < 1.29 is 4.39 Å². The fraction of sp³-hybridized carbons (Fsp3) is 0.778. The van der Waals surface area contributed by atoms with E-state index in [9.17, 15) is 4.39 Å². The van der Waals surface area contributed by atoms with Crippen LogP contribution in [-0.2, 0) is 0 Å². The van der Waals surface area contributed by atoms with E-state index in [4.69, 9.17) is 5.73 Å². The van der Waals surface area contributed by atoms with Crippen LogP contribution in [0.2, 0.25) is 0 Å². The molecule has 1 rings (SSSR count). The number of hydrogen-bond acceptors (Lipinski definition) is 1. The summed E-state index contributed by atoms with van der Waals surface area (Å²) >= 11 is 0. The third-order valence-corrected chi connectivity index (χ3v) is 2.34. The van der Waals surface area contributed by atoms with Crippen LogP contribution in [0.4, 0.5) is 4.39 Å². The van der Waals surface area contributed by atoms with E-state index in [1.54, 1.807) is 6.92 Å². The molecule has 1 atom stereocenters. The maximum atomic E-state index is 13.5. The summed E-state index contributed by atoms with van der Waals surface area (Å²) in [6.45, 7) is 1.68. The Labute approximate surface area is 67.5 Å². The first-order valence-electron chi connectivity index (χ1n) is 4.25. The largest absolute Gasteiger partial charge is 0.327 e. The van der Waals surface area contributed by atoms with Crippen LogP contribution in [0.15, 0.2) is 11.6 Å². The molecular formula is C9H16FN. The minimum Gasteiger partial charge on any atom is -0.327 e. The third-order valence-electron chi connectivity index (χ3n) is 2.34. The molecule has 1 nitrogen and oxygen atoms in total. The van der Waals surface area contributed by atoms with E-state index in [2.05, 4.69) is 0 Å². The zero-order valence-corrected chi connectivity index (χ0v) is 7.07. The second-order valence-electron chi connectivity index (χ2n) is 3.38. The highest BCUT2D eigenvalue weighted by atomic mass is 19.1. The monoisotopic (exact) mass is 157 g/mol. The molecule has 1 aliphatic rings. The Balaban J connectivity index is 2.64. The van der Waals surface area contributed by atoms with Crippen LogP contribution in [0.5, 0.6) is 0 Å². The van der Waals surface area contributed by atoms with Gasteiger partial charge in [0, 0.05) is 6.54 Å². The van der Waals surface area contributed by atoms with E-state index in [0.717, 1.165) is 24.8 Å². The maximum Gasteiger partial charge on any atom is 0.141 e. The smallest absolute Gasteiger partial charge is 0.141 e. The Morgan fingerprint density at radius 1 is 1.64 bits per heavy atom. The average molecular weight is 157 g/mol. The van der Waals surface area contributed by atoms with E-state index in [1.807, 2.05) is 6.08 Å². The highest BCUT2D eigenvalue weighted by Crippen LogP contribution is 2.29. The van der Waals surface area contributed by atoms with Crippen molar-refractivity contribution in [2.75, 3.05) is 6.54 Å². The lowest BCUT2D eigenvalue weighted by Crippen LogP contribution is -2.32. The molecule has 0 radical (unpaired) electrons. The van der Waals surface area contributed by atoms with Crippen molar-refractivity contribution in [3.05, 3.63) is 11.6 Å². The van der Waals surface area contributed by atoms with Gasteiger partial charge in [0.15, 0.2) is 0 Å². The third kappa shape index (κ3) is 2.03. The normalized spacial score (nSPS) is 24.1. The molecule has 1 aliphatic carbocycles. The van der Waals surface area contributed by atoms with Crippen molar-refractivity contribution in [2.45, 2.75) is 38.3 Å². The average Bonchev–Trinajstić information content (AvgIpc) is 2.06. The van der Waals surface area contributed by atoms with Gasteiger partial charge >= 0.3 is 0 Å². The number of rotatable bonds is 2. The minimum absolute atomic E-state index is 0.110. The molecule has 0 aromatic heterocycles. The van der Waals surface area contributed by atoms with Crippen molar-refractivity contribution in [1.82, 2.24) is 0 Å². The summed E-state index contributed by atoms with van der Waals surface area (Å²) in [6, 6.07) is 0. The molecule has 0 bridgehead atoms. The maximum absolute atomic E-state index is 13.5. The Kier molecular flexibility index (Phi) is 2.66. The van der Waals surface area contributed by atoms with E-state index >= 15 is 0 Å². The predicted octanol–water partition coefficient (Wildman–Crippen LogP) is 2.17. The van der Waals surface area contributed by atoms with Gasteiger partial charge in [0.05, 0.1) is 0 Å². The highest BCUT2D eigenvalue weighted by molar-refractivity contribution is 5.17. The molecule has 0 heterocycles. The van der Waals surface area contributed by atoms with Crippen LogP contribution in [-0.4, -0.2) is 12.2 Å². The second kappa shape index (κ2) is 3.35. The fourth-order valence-electron chi connectivity index (χ4n) is 1.44. The summed E-state index contributed by atoms with van der Waals surface area (Å²) in [6.07, 6.45) is 6.24. The summed E-state index contributed by atoms with van der Waals surface area (Å²) in [4.78, 5) is 0. The quantitative estimate of drug-likeness (QED) is 0.611. The topological polar surface area (TPSA) is 26.0 Å². The van der Waals surface area contributed by atoms with Gasteiger partial charge in [0.25, 0.3) is 0 Å². The first kappa shape index (κ1) is 8.72. The van der Waals surface area contributed by atoms with Crippen LogP contribution in [0, 0.1) is 0 Å². The zero-order valence-electron chi connectivity index (χ0n) is 7.07. The van der Waals surface area contributed by atoms with Gasteiger partial charge in [-0.25, -0.2) is 4.39 Å². The molecule has 2 N–H and O–H groups in total. The van der Waals surface area contributed by atoms with Crippen LogP contribution < -0.4 is 5.73 Å². The lowest BCUT2D eigenvalue weighted by molar-refractivity contribution is 0.239. The molecule has 1 unspecified atom stereocenters. The van der Waals surface area contributed by atoms with Gasteiger partial charge in [-0.15, -0.1) is 0 Å². The van der Waals surface area contributed by atoms with Crippen LogP contribution >= 0.6 is 0 Å². The lowest BCUT2D eigenvalue weighted by atomic mass is 9.88. The molecule has 0 aromatic rings. The molecule has 0 saturated carbocycles. The minimum atomic E-state index is -1.25. The molecule has 64 valence electrons. The first-order chi connectivity index (χ1) is 5.17. The molecular weight excluding hydrogens is 141 g/mol. The Bertz CT molecular complexity index is 161. The Hall–Kier alpha value is -0.370. The molecule has 0 amide bonds. The lowest BCUT2D eigenvalue weighted by Gasteiger charge is -2.24. The zero-order chi connectivity index (χ0) is 8.32. The van der Waals surface area contributed by atoms with Crippen LogP contribution in [0.25, 0.3) is 0 Å². The summed E-state index contributed by atoms with van der Waals surface area (Å²) in [5.41, 5.74) is 4.98. The van der Waals surface area contributed by atoms with Crippen molar-refractivity contribution in [3.8, 4) is 0 Å². The second-order valence-corrected chi connectivity index (χ2v) is 3.38. The molecule has 0 aliphatic heterocycles. The van der Waals surface area contributed by atoms with Gasteiger partial charge in [0.1, 0.15) is 5.67 Å². The molecule has 0 fully saturated rings. The molecule has 2 heteroatoms. The summed E-state index contributed by atoms with van der Waals surface area (Å²) in [5.74, 6) is 0. The number of alkyl halides is 1. The Morgan fingerprint density at radius 3 is 2.82 bits per heavy atom. The summed E-state index contributed by atoms with van der Waals surface area (Å²) < 4.78 is 13.5. The molecule has 0 spiro atoms. The van der Waals surface area contributed by atoms with Crippen LogP contribution in [0.3, 0.4) is 0 Å². The van der Waals surface area contributed by atoms with Gasteiger partial charge in [0.2, 0.25) is 0 Å². The standard InChI is InChI=1S/C9H16FN/c1-9(10,7-11)8-5-3-2-4-6-8/h5H,2-4,6-7,11H2,1H3. The van der Waals surface area contributed by atoms with E-state index in [-0.39, 0.29) is 6.54 Å². The van der Waals surface area contributed by atoms with Gasteiger partial charge in [-0.1, -0.05) is 6.08 Å². The Morgan fingerprint density at radius 2 is 2.36 bits per heavy atom. The first-order valence-corrected chi connectivity index (χ1v) is 4.25. The summed E-state index contributed by atoms with van der Waals surface area (Å²) in [7, 11) is 0. The van der Waals surface area contributed by atoms with Gasteiger partial charge in [-0.2, -0.15) is 0 Å². The van der Waals surface area contributed by atoms with Crippen molar-refractivity contribution >= 4 is 0 Å². The van der Waals surface area contributed by atoms with E-state index < -0.39 is 5.67 Å². The highest BCUT2D eigenvalue weighted by Gasteiger charge is 2.26. The van der Waals surface area contributed by atoms with Crippen LogP contribution in [0.1, 0.15) is 32.6 Å². The number of hydrogen-bond donors (Lipinski definition) is 1. The van der Waals surface area contributed by atoms with Crippen molar-refractivity contribution in [2.24, 2.45) is 5.73 Å². The number of allylic oxidation sites excluding steroid dienone is 1. The molecule has 0 saturated heterocycles. The van der Waals surface area contributed by atoms with Crippen molar-refractivity contribution in [1.29, 1.82) is 0 Å². The van der Waals surface area contributed by atoms with Crippen molar-refractivity contribution in [3.63, 3.8) is 0 Å². The molecule has 11 heavy (non-hydrogen) atoms. The van der Waals surface area contributed by atoms with Gasteiger partial charge in [-0.3, -0.25) is 0 Å². The predicted molar refractivity (Wildman–Crippen MR) is 45.1 cm³/mol. The van der Waals surface area contributed by atoms with E-state index in [0.29, 0.717) is 0 Å². The van der Waals surface area contributed by atoms with E-state index in [1.165, 1.54) is 6.42 Å². The van der Waals surface area contributed by atoms with Gasteiger partial charge in [-0.05, 0) is 38.2 Å². The molecule has 0 aromatic carbocycles. The number of halogens is 1. The SMILES string of the molecule is CC(F)(CN)C1=CCCCC1. The number of nitrogens with two attached hydrogens (primary N) is 1. The van der Waals surface area contributed by atoms with Gasteiger partial charge < -0.3 is 5.73 Å². The summed E-state index contributed by atoms with van der Waals surface area (Å²) in [5, 5.41) is 0.